The van der Waals surface area contributed by atoms with Gasteiger partial charge in [-0.15, -0.1) is 0 Å². The summed E-state index contributed by atoms with van der Waals surface area (Å²) < 4.78 is 0. The van der Waals surface area contributed by atoms with Gasteiger partial charge in [-0.25, -0.2) is 14.8 Å². The minimum Gasteiger partial charge on any atom is -0.356 e. The van der Waals surface area contributed by atoms with Gasteiger partial charge in [0, 0.05) is 25.7 Å². The topological polar surface area (TPSA) is 70.2 Å². The molecule has 0 spiro atoms. The molecular weight excluding hydrogens is 350 g/mol. The van der Waals surface area contributed by atoms with Crippen LogP contribution in [0.5, 0.6) is 0 Å². The molecule has 3 aromatic rings. The molecule has 2 heterocycles. The van der Waals surface area contributed by atoms with Crippen molar-refractivity contribution in [2.24, 2.45) is 5.92 Å². The molecule has 6 heteroatoms. The lowest BCUT2D eigenvalue weighted by Gasteiger charge is -2.31. The molecule has 2 aromatic carbocycles. The van der Waals surface area contributed by atoms with Crippen LogP contribution in [0.3, 0.4) is 0 Å². The second kappa shape index (κ2) is 8.25. The molecule has 1 aliphatic rings. The fraction of sp³-hybridized carbons (Fsp3) is 0.318. The maximum atomic E-state index is 12.4. The number of hydrogen-bond acceptors (Lipinski definition) is 4. The molecule has 1 saturated heterocycles. The average molecular weight is 375 g/mol. The number of carbonyl (C=O) groups is 1. The summed E-state index contributed by atoms with van der Waals surface area (Å²) in [4.78, 5) is 23.2. The van der Waals surface area contributed by atoms with Gasteiger partial charge in [-0.3, -0.25) is 5.32 Å². The molecule has 0 radical (unpaired) electrons. The SMILES string of the molecule is CC1CCN(c2cc(NC(=O)NCc3cccc4ccccc34)ncn2)CC1. The molecule has 0 unspecified atom stereocenters. The molecule has 1 aliphatic heterocycles. The highest BCUT2D eigenvalue weighted by Crippen LogP contribution is 2.22. The minimum absolute atomic E-state index is 0.273. The number of aromatic nitrogens is 2. The van der Waals surface area contributed by atoms with Crippen molar-refractivity contribution in [3.63, 3.8) is 0 Å². The molecule has 0 bridgehead atoms. The van der Waals surface area contributed by atoms with E-state index in [1.54, 1.807) is 0 Å². The van der Waals surface area contributed by atoms with Crippen LogP contribution < -0.4 is 15.5 Å². The largest absolute Gasteiger partial charge is 0.356 e. The Balaban J connectivity index is 1.38. The Kier molecular flexibility index (Phi) is 5.37. The second-order valence-electron chi connectivity index (χ2n) is 7.38. The van der Waals surface area contributed by atoms with E-state index in [1.807, 2.05) is 30.3 Å². The van der Waals surface area contributed by atoms with E-state index in [0.717, 1.165) is 48.6 Å². The quantitative estimate of drug-likeness (QED) is 0.717. The zero-order valence-corrected chi connectivity index (χ0v) is 16.1. The third kappa shape index (κ3) is 4.22. The number of fused-ring (bicyclic) bond motifs is 1. The number of nitrogens with zero attached hydrogens (tertiary/aromatic N) is 3. The number of piperidine rings is 1. The fourth-order valence-electron chi connectivity index (χ4n) is 3.61. The van der Waals surface area contributed by atoms with Crippen molar-refractivity contribution in [3.8, 4) is 0 Å². The van der Waals surface area contributed by atoms with Gasteiger partial charge in [0.25, 0.3) is 0 Å². The lowest BCUT2D eigenvalue weighted by atomic mass is 9.99. The smallest absolute Gasteiger partial charge is 0.320 e. The second-order valence-corrected chi connectivity index (χ2v) is 7.38. The molecule has 6 nitrogen and oxygen atoms in total. The van der Waals surface area contributed by atoms with E-state index in [0.29, 0.717) is 12.4 Å². The summed E-state index contributed by atoms with van der Waals surface area (Å²) in [6.45, 7) is 4.72. The van der Waals surface area contributed by atoms with Crippen molar-refractivity contribution in [3.05, 3.63) is 60.4 Å². The van der Waals surface area contributed by atoms with Crippen LogP contribution >= 0.6 is 0 Å². The van der Waals surface area contributed by atoms with Crippen molar-refractivity contribution >= 4 is 28.4 Å². The van der Waals surface area contributed by atoms with E-state index in [2.05, 4.69) is 50.6 Å². The van der Waals surface area contributed by atoms with Crippen molar-refractivity contribution in [2.45, 2.75) is 26.3 Å². The van der Waals surface area contributed by atoms with Crippen molar-refractivity contribution in [2.75, 3.05) is 23.3 Å². The van der Waals surface area contributed by atoms with Crippen molar-refractivity contribution in [1.29, 1.82) is 0 Å². The summed E-state index contributed by atoms with van der Waals surface area (Å²) in [5.41, 5.74) is 1.08. The Morgan fingerprint density at radius 3 is 2.75 bits per heavy atom. The number of anilines is 2. The van der Waals surface area contributed by atoms with Gasteiger partial charge in [-0.2, -0.15) is 0 Å². The summed E-state index contributed by atoms with van der Waals surface area (Å²) in [5.74, 6) is 2.14. The fourth-order valence-corrected chi connectivity index (χ4v) is 3.61. The van der Waals surface area contributed by atoms with Crippen LogP contribution in [0.2, 0.25) is 0 Å². The van der Waals surface area contributed by atoms with Gasteiger partial charge < -0.3 is 10.2 Å². The van der Waals surface area contributed by atoms with E-state index in [4.69, 9.17) is 0 Å². The maximum Gasteiger partial charge on any atom is 0.320 e. The highest BCUT2D eigenvalue weighted by atomic mass is 16.2. The van der Waals surface area contributed by atoms with Gasteiger partial charge >= 0.3 is 6.03 Å². The molecule has 4 rings (SSSR count). The molecule has 1 aromatic heterocycles. The molecule has 28 heavy (non-hydrogen) atoms. The molecule has 1 fully saturated rings. The molecule has 0 atom stereocenters. The van der Waals surface area contributed by atoms with Gasteiger partial charge in [0.15, 0.2) is 0 Å². The summed E-state index contributed by atoms with van der Waals surface area (Å²) in [7, 11) is 0. The third-order valence-electron chi connectivity index (χ3n) is 5.32. The standard InChI is InChI=1S/C22H25N5O/c1-16-9-11-27(12-10-16)21-13-20(24-15-25-21)26-22(28)23-14-18-7-4-6-17-5-2-3-8-19(17)18/h2-8,13,15-16H,9-12,14H2,1H3,(H2,23,24,25,26,28). The van der Waals surface area contributed by atoms with Crippen LogP contribution in [0, 0.1) is 5.92 Å². The number of urea groups is 1. The first-order valence-corrected chi connectivity index (χ1v) is 9.77. The van der Waals surface area contributed by atoms with Crippen LogP contribution in [0.1, 0.15) is 25.3 Å². The van der Waals surface area contributed by atoms with Gasteiger partial charge in [-0.05, 0) is 35.1 Å². The number of amides is 2. The van der Waals surface area contributed by atoms with Gasteiger partial charge in [0.05, 0.1) is 0 Å². The molecule has 2 amide bonds. The minimum atomic E-state index is -0.273. The first-order valence-electron chi connectivity index (χ1n) is 9.77. The van der Waals surface area contributed by atoms with E-state index >= 15 is 0 Å². The maximum absolute atomic E-state index is 12.4. The number of nitrogens with one attached hydrogen (secondary N) is 2. The van der Waals surface area contributed by atoms with Crippen LogP contribution in [0.25, 0.3) is 10.8 Å². The highest BCUT2D eigenvalue weighted by Gasteiger charge is 2.17. The average Bonchev–Trinajstić information content (AvgIpc) is 2.73. The predicted octanol–water partition coefficient (Wildman–Crippen LogP) is 4.19. The molecule has 144 valence electrons. The van der Waals surface area contributed by atoms with E-state index < -0.39 is 0 Å². The first kappa shape index (κ1) is 18.2. The van der Waals surface area contributed by atoms with E-state index in [-0.39, 0.29) is 6.03 Å². The summed E-state index contributed by atoms with van der Waals surface area (Å²) in [5, 5.41) is 8.05. The van der Waals surface area contributed by atoms with Crippen LogP contribution in [0.15, 0.2) is 54.9 Å². The van der Waals surface area contributed by atoms with Crippen LogP contribution in [0.4, 0.5) is 16.4 Å². The Morgan fingerprint density at radius 1 is 1.11 bits per heavy atom. The Bertz CT molecular complexity index is 961. The van der Waals surface area contributed by atoms with Gasteiger partial charge in [-0.1, -0.05) is 49.4 Å². The Morgan fingerprint density at radius 2 is 1.89 bits per heavy atom. The van der Waals surface area contributed by atoms with Crippen LogP contribution in [-0.4, -0.2) is 29.1 Å². The third-order valence-corrected chi connectivity index (χ3v) is 5.32. The first-order chi connectivity index (χ1) is 13.7. The molecule has 2 N–H and O–H groups in total. The zero-order chi connectivity index (χ0) is 19.3. The summed E-state index contributed by atoms with van der Waals surface area (Å²) >= 11 is 0. The Hall–Kier alpha value is -3.15. The summed E-state index contributed by atoms with van der Waals surface area (Å²) in [6.07, 6.45) is 3.84. The lowest BCUT2D eigenvalue weighted by Crippen LogP contribution is -2.33. The number of carbonyl (C=O) groups excluding carboxylic acids is 1. The summed E-state index contributed by atoms with van der Waals surface area (Å²) in [6, 6.07) is 15.8. The van der Waals surface area contributed by atoms with Crippen molar-refractivity contribution in [1.82, 2.24) is 15.3 Å². The van der Waals surface area contributed by atoms with E-state index in [1.165, 1.54) is 11.7 Å². The molecular formula is C22H25N5O. The number of benzene rings is 2. The highest BCUT2D eigenvalue weighted by molar-refractivity contribution is 5.89. The van der Waals surface area contributed by atoms with Crippen LogP contribution in [-0.2, 0) is 6.54 Å². The molecule has 0 saturated carbocycles. The van der Waals surface area contributed by atoms with Gasteiger partial charge in [0.2, 0.25) is 0 Å². The molecule has 0 aliphatic carbocycles. The lowest BCUT2D eigenvalue weighted by molar-refractivity contribution is 0.251. The predicted molar refractivity (Wildman–Crippen MR) is 112 cm³/mol. The zero-order valence-electron chi connectivity index (χ0n) is 16.1. The van der Waals surface area contributed by atoms with E-state index in [9.17, 15) is 4.79 Å². The monoisotopic (exact) mass is 375 g/mol. The Labute approximate surface area is 165 Å². The van der Waals surface area contributed by atoms with Crippen molar-refractivity contribution < 1.29 is 4.79 Å². The van der Waals surface area contributed by atoms with Gasteiger partial charge in [0.1, 0.15) is 18.0 Å². The number of rotatable bonds is 4. The normalized spacial score (nSPS) is 14.8. The number of hydrogen-bond donors (Lipinski definition) is 2.